The number of aromatic amines is 1. The lowest BCUT2D eigenvalue weighted by molar-refractivity contribution is 0.687. The van der Waals surface area contributed by atoms with Crippen LogP contribution in [0.5, 0.6) is 0 Å². The van der Waals surface area contributed by atoms with Gasteiger partial charge in [0.1, 0.15) is 0 Å². The zero-order valence-corrected chi connectivity index (χ0v) is 10.6. The molecule has 0 saturated heterocycles. The molecular weight excluding hydrogens is 236 g/mol. The fourth-order valence-corrected chi connectivity index (χ4v) is 1.98. The van der Waals surface area contributed by atoms with Crippen molar-refractivity contribution in [3.05, 3.63) is 72.3 Å². The van der Waals surface area contributed by atoms with Gasteiger partial charge in [-0.05, 0) is 35.4 Å². The molecular formula is C15H16N4. The monoisotopic (exact) mass is 252 g/mol. The highest BCUT2D eigenvalue weighted by Crippen LogP contribution is 2.12. The second-order valence-electron chi connectivity index (χ2n) is 4.47. The molecule has 0 aliphatic heterocycles. The molecule has 0 amide bonds. The van der Waals surface area contributed by atoms with Gasteiger partial charge in [0.15, 0.2) is 0 Å². The maximum Gasteiger partial charge on any atom is 0.0659 e. The summed E-state index contributed by atoms with van der Waals surface area (Å²) in [6.45, 7) is 1.65. The van der Waals surface area contributed by atoms with Crippen molar-refractivity contribution < 1.29 is 0 Å². The van der Waals surface area contributed by atoms with E-state index < -0.39 is 0 Å². The molecule has 4 nitrogen and oxygen atoms in total. The summed E-state index contributed by atoms with van der Waals surface area (Å²) in [7, 11) is 0. The maximum absolute atomic E-state index is 4.20. The van der Waals surface area contributed by atoms with Gasteiger partial charge in [-0.1, -0.05) is 12.1 Å². The van der Waals surface area contributed by atoms with Gasteiger partial charge in [0.05, 0.1) is 6.54 Å². The molecule has 0 radical (unpaired) electrons. The Morgan fingerprint density at radius 3 is 2.68 bits per heavy atom. The first-order chi connectivity index (χ1) is 9.40. The lowest BCUT2D eigenvalue weighted by atomic mass is 10.2. The summed E-state index contributed by atoms with van der Waals surface area (Å²) in [5.74, 6) is 0. The molecule has 0 aliphatic carbocycles. The minimum absolute atomic E-state index is 0.811. The van der Waals surface area contributed by atoms with Gasteiger partial charge in [0.25, 0.3) is 0 Å². The third kappa shape index (κ3) is 3.04. The second-order valence-corrected chi connectivity index (χ2v) is 4.47. The number of rotatable bonds is 5. The Morgan fingerprint density at radius 1 is 1.11 bits per heavy atom. The number of hydrogen-bond donors (Lipinski definition) is 2. The molecule has 2 aromatic heterocycles. The smallest absolute Gasteiger partial charge is 0.0659 e. The van der Waals surface area contributed by atoms with E-state index in [2.05, 4.69) is 45.7 Å². The summed E-state index contributed by atoms with van der Waals surface area (Å²) in [5.41, 5.74) is 3.63. The molecule has 0 fully saturated rings. The quantitative estimate of drug-likeness (QED) is 0.733. The molecule has 96 valence electrons. The molecule has 0 saturated carbocycles. The normalized spacial score (nSPS) is 10.5. The number of benzene rings is 1. The molecule has 0 spiro atoms. The van der Waals surface area contributed by atoms with Crippen molar-refractivity contribution in [2.45, 2.75) is 13.1 Å². The molecule has 3 aromatic rings. The van der Waals surface area contributed by atoms with E-state index in [0.29, 0.717) is 0 Å². The van der Waals surface area contributed by atoms with Crippen LogP contribution in [0.4, 0.5) is 5.69 Å². The standard InChI is InChI=1S/C15H16N4/c1-7-18-19(9-1)12-13-2-4-15(5-3-13)17-11-14-6-8-16-10-14/h1-10,16-17H,11-12H2. The average molecular weight is 252 g/mol. The first-order valence-electron chi connectivity index (χ1n) is 6.32. The van der Waals surface area contributed by atoms with Crippen molar-refractivity contribution in [1.82, 2.24) is 14.8 Å². The Kier molecular flexibility index (Phi) is 3.32. The minimum atomic E-state index is 0.811. The third-order valence-corrected chi connectivity index (χ3v) is 3.02. The molecule has 4 heteroatoms. The van der Waals surface area contributed by atoms with Crippen LogP contribution in [0.25, 0.3) is 0 Å². The highest BCUT2D eigenvalue weighted by molar-refractivity contribution is 5.45. The Bertz CT molecular complexity index is 594. The third-order valence-electron chi connectivity index (χ3n) is 3.02. The van der Waals surface area contributed by atoms with E-state index >= 15 is 0 Å². The van der Waals surface area contributed by atoms with Crippen molar-refractivity contribution in [2.24, 2.45) is 0 Å². The Morgan fingerprint density at radius 2 is 2.00 bits per heavy atom. The van der Waals surface area contributed by atoms with Crippen LogP contribution in [0.3, 0.4) is 0 Å². The Labute approximate surface area is 112 Å². The fraction of sp³-hybridized carbons (Fsp3) is 0.133. The predicted octanol–water partition coefficient (Wildman–Crippen LogP) is 2.87. The molecule has 0 bridgehead atoms. The highest BCUT2D eigenvalue weighted by Gasteiger charge is 1.97. The van der Waals surface area contributed by atoms with E-state index in [-0.39, 0.29) is 0 Å². The topological polar surface area (TPSA) is 45.6 Å². The van der Waals surface area contributed by atoms with Crippen LogP contribution in [-0.4, -0.2) is 14.8 Å². The van der Waals surface area contributed by atoms with Crippen molar-refractivity contribution in [3.8, 4) is 0 Å². The van der Waals surface area contributed by atoms with Gasteiger partial charge in [-0.3, -0.25) is 4.68 Å². The van der Waals surface area contributed by atoms with E-state index in [1.165, 1.54) is 11.1 Å². The summed E-state index contributed by atoms with van der Waals surface area (Å²) in [6.07, 6.45) is 7.70. The van der Waals surface area contributed by atoms with E-state index in [4.69, 9.17) is 0 Å². The van der Waals surface area contributed by atoms with Gasteiger partial charge in [0, 0.05) is 37.0 Å². The van der Waals surface area contributed by atoms with Gasteiger partial charge in [-0.25, -0.2) is 0 Å². The number of hydrogen-bond acceptors (Lipinski definition) is 2. The van der Waals surface area contributed by atoms with Crippen LogP contribution in [-0.2, 0) is 13.1 Å². The largest absolute Gasteiger partial charge is 0.381 e. The molecule has 3 rings (SSSR count). The summed E-state index contributed by atoms with van der Waals surface area (Å²) in [5, 5.41) is 7.59. The van der Waals surface area contributed by atoms with Crippen molar-refractivity contribution in [3.63, 3.8) is 0 Å². The first-order valence-corrected chi connectivity index (χ1v) is 6.32. The minimum Gasteiger partial charge on any atom is -0.381 e. The van der Waals surface area contributed by atoms with Gasteiger partial charge in [-0.2, -0.15) is 5.10 Å². The van der Waals surface area contributed by atoms with Crippen molar-refractivity contribution in [1.29, 1.82) is 0 Å². The Hall–Kier alpha value is -2.49. The average Bonchev–Trinajstić information content (AvgIpc) is 3.11. The number of H-pyrrole nitrogens is 1. The van der Waals surface area contributed by atoms with Crippen LogP contribution in [0.15, 0.2) is 61.2 Å². The lowest BCUT2D eigenvalue weighted by Gasteiger charge is -2.07. The van der Waals surface area contributed by atoms with Crippen LogP contribution in [0.2, 0.25) is 0 Å². The molecule has 0 unspecified atom stereocenters. The second kappa shape index (κ2) is 5.44. The van der Waals surface area contributed by atoms with Crippen LogP contribution >= 0.6 is 0 Å². The van der Waals surface area contributed by atoms with E-state index in [1.807, 2.05) is 29.3 Å². The van der Waals surface area contributed by atoms with Crippen LogP contribution < -0.4 is 5.32 Å². The molecule has 0 aliphatic rings. The number of nitrogens with zero attached hydrogens (tertiary/aromatic N) is 2. The van der Waals surface area contributed by atoms with Crippen LogP contribution in [0, 0.1) is 0 Å². The SMILES string of the molecule is c1cnn(Cc2ccc(NCc3cc[nH]c3)cc2)c1. The summed E-state index contributed by atoms with van der Waals surface area (Å²) in [4.78, 5) is 3.05. The number of aromatic nitrogens is 3. The van der Waals surface area contributed by atoms with Crippen LogP contribution in [0.1, 0.15) is 11.1 Å². The van der Waals surface area contributed by atoms with E-state index in [0.717, 1.165) is 18.8 Å². The molecule has 0 atom stereocenters. The van der Waals surface area contributed by atoms with Gasteiger partial charge < -0.3 is 10.3 Å². The lowest BCUT2D eigenvalue weighted by Crippen LogP contribution is -2.01. The maximum atomic E-state index is 4.20. The number of anilines is 1. The summed E-state index contributed by atoms with van der Waals surface area (Å²) in [6, 6.07) is 12.5. The zero-order chi connectivity index (χ0) is 12.9. The molecule has 19 heavy (non-hydrogen) atoms. The Balaban J connectivity index is 1.59. The van der Waals surface area contributed by atoms with E-state index in [1.54, 1.807) is 6.20 Å². The predicted molar refractivity (Wildman–Crippen MR) is 75.9 cm³/mol. The van der Waals surface area contributed by atoms with Gasteiger partial charge in [0.2, 0.25) is 0 Å². The zero-order valence-electron chi connectivity index (χ0n) is 10.6. The number of nitrogens with one attached hydrogen (secondary N) is 2. The van der Waals surface area contributed by atoms with E-state index in [9.17, 15) is 0 Å². The molecule has 2 heterocycles. The van der Waals surface area contributed by atoms with Gasteiger partial charge in [-0.15, -0.1) is 0 Å². The summed E-state index contributed by atoms with van der Waals surface area (Å²) < 4.78 is 1.92. The fourth-order valence-electron chi connectivity index (χ4n) is 1.98. The molecule has 2 N–H and O–H groups in total. The highest BCUT2D eigenvalue weighted by atomic mass is 15.3. The van der Waals surface area contributed by atoms with Crippen molar-refractivity contribution >= 4 is 5.69 Å². The van der Waals surface area contributed by atoms with Gasteiger partial charge >= 0.3 is 0 Å². The molecule has 1 aromatic carbocycles. The first kappa shape index (κ1) is 11.6. The summed E-state index contributed by atoms with van der Waals surface area (Å²) >= 11 is 0. The van der Waals surface area contributed by atoms with Crippen molar-refractivity contribution in [2.75, 3.05) is 5.32 Å².